The lowest BCUT2D eigenvalue weighted by molar-refractivity contribution is 0.0988. The van der Waals surface area contributed by atoms with Crippen molar-refractivity contribution in [2.75, 3.05) is 0 Å². The summed E-state index contributed by atoms with van der Waals surface area (Å²) >= 11 is 1.64. The Morgan fingerprint density at radius 1 is 1.14 bits per heavy atom. The lowest BCUT2D eigenvalue weighted by atomic mass is 10.0. The molecule has 140 valence electrons. The molecule has 1 aromatic carbocycles. The Kier molecular flexibility index (Phi) is 5.16. The molecule has 6 nitrogen and oxygen atoms in total. The number of nitrogens with zero attached hydrogens (tertiary/aromatic N) is 5. The summed E-state index contributed by atoms with van der Waals surface area (Å²) in [5.41, 5.74) is 4.11. The molecule has 0 aliphatic rings. The van der Waals surface area contributed by atoms with Crippen molar-refractivity contribution >= 4 is 28.6 Å². The van der Waals surface area contributed by atoms with Gasteiger partial charge in [0, 0.05) is 24.9 Å². The number of hydrogen-bond acceptors (Lipinski definition) is 6. The Morgan fingerprint density at radius 3 is 2.86 bits per heavy atom. The summed E-state index contributed by atoms with van der Waals surface area (Å²) in [5, 5.41) is 9.10. The van der Waals surface area contributed by atoms with Crippen LogP contribution in [0.1, 0.15) is 33.8 Å². The van der Waals surface area contributed by atoms with Crippen LogP contribution in [0, 0.1) is 0 Å². The van der Waals surface area contributed by atoms with Gasteiger partial charge in [-0.2, -0.15) is 0 Å². The minimum absolute atomic E-state index is 0.00323. The number of benzene rings is 1. The van der Waals surface area contributed by atoms with Gasteiger partial charge in [0.15, 0.2) is 10.9 Å². The quantitative estimate of drug-likeness (QED) is 0.366. The van der Waals surface area contributed by atoms with Crippen LogP contribution in [0.15, 0.2) is 66.2 Å². The molecular weight excluding hydrogens is 370 g/mol. The minimum Gasteiger partial charge on any atom is -0.312 e. The predicted octanol–water partition coefficient (Wildman–Crippen LogP) is 4.04. The van der Waals surface area contributed by atoms with E-state index in [0.717, 1.165) is 27.3 Å². The zero-order valence-electron chi connectivity index (χ0n) is 15.6. The third kappa shape index (κ3) is 3.94. The van der Waals surface area contributed by atoms with E-state index in [9.17, 15) is 4.79 Å². The van der Waals surface area contributed by atoms with Crippen molar-refractivity contribution in [3.63, 3.8) is 0 Å². The SMILES string of the molecule is CC(Sc1nncn1C)c1cccc(CC(=O)c2ccc3ncccc3n2)c1. The fraction of sp³-hybridized carbons (Fsp3) is 0.190. The third-order valence-electron chi connectivity index (χ3n) is 4.48. The molecule has 1 unspecified atom stereocenters. The van der Waals surface area contributed by atoms with Gasteiger partial charge in [-0.25, -0.2) is 4.98 Å². The fourth-order valence-electron chi connectivity index (χ4n) is 2.95. The summed E-state index contributed by atoms with van der Waals surface area (Å²) in [6, 6.07) is 15.4. The Labute approximate surface area is 167 Å². The van der Waals surface area contributed by atoms with E-state index in [4.69, 9.17) is 0 Å². The predicted molar refractivity (Wildman–Crippen MR) is 109 cm³/mol. The van der Waals surface area contributed by atoms with E-state index >= 15 is 0 Å². The zero-order chi connectivity index (χ0) is 19.5. The first-order valence-electron chi connectivity index (χ1n) is 8.94. The second-order valence-electron chi connectivity index (χ2n) is 6.57. The summed E-state index contributed by atoms with van der Waals surface area (Å²) in [6.45, 7) is 2.12. The van der Waals surface area contributed by atoms with Gasteiger partial charge in [0.2, 0.25) is 0 Å². The molecule has 3 aromatic heterocycles. The molecular formula is C21H19N5OS. The first-order valence-corrected chi connectivity index (χ1v) is 9.82. The first-order chi connectivity index (χ1) is 13.6. The van der Waals surface area contributed by atoms with Gasteiger partial charge in [-0.15, -0.1) is 10.2 Å². The normalized spacial score (nSPS) is 12.2. The maximum atomic E-state index is 12.7. The molecule has 7 heteroatoms. The van der Waals surface area contributed by atoms with Crippen molar-refractivity contribution in [2.24, 2.45) is 7.05 Å². The number of carbonyl (C=O) groups excluding carboxylic acids is 1. The van der Waals surface area contributed by atoms with Crippen LogP contribution in [-0.2, 0) is 13.5 Å². The van der Waals surface area contributed by atoms with Gasteiger partial charge in [0.1, 0.15) is 12.0 Å². The number of Topliss-reactive ketones (excluding diaryl/α,β-unsaturated/α-hetero) is 1. The van der Waals surface area contributed by atoms with E-state index in [1.165, 1.54) is 0 Å². The number of ketones is 1. The maximum absolute atomic E-state index is 12.7. The van der Waals surface area contributed by atoms with E-state index in [2.05, 4.69) is 39.2 Å². The Hall–Kier alpha value is -3.06. The average molecular weight is 389 g/mol. The summed E-state index contributed by atoms with van der Waals surface area (Å²) in [5.74, 6) is -0.00323. The Balaban J connectivity index is 1.50. The summed E-state index contributed by atoms with van der Waals surface area (Å²) in [7, 11) is 1.93. The van der Waals surface area contributed by atoms with Crippen LogP contribution in [0.3, 0.4) is 0 Å². The molecule has 0 bridgehead atoms. The molecule has 0 amide bonds. The highest BCUT2D eigenvalue weighted by atomic mass is 32.2. The van der Waals surface area contributed by atoms with E-state index in [1.807, 2.05) is 41.9 Å². The number of hydrogen-bond donors (Lipinski definition) is 0. The van der Waals surface area contributed by atoms with E-state index in [1.54, 1.807) is 30.4 Å². The van der Waals surface area contributed by atoms with Gasteiger partial charge in [0.25, 0.3) is 0 Å². The van der Waals surface area contributed by atoms with E-state index < -0.39 is 0 Å². The number of carbonyl (C=O) groups is 1. The molecule has 0 radical (unpaired) electrons. The molecule has 0 saturated heterocycles. The highest BCUT2D eigenvalue weighted by molar-refractivity contribution is 7.99. The topological polar surface area (TPSA) is 73.6 Å². The van der Waals surface area contributed by atoms with Crippen LogP contribution >= 0.6 is 11.8 Å². The van der Waals surface area contributed by atoms with Gasteiger partial charge in [-0.1, -0.05) is 36.0 Å². The monoisotopic (exact) mass is 389 g/mol. The second-order valence-corrected chi connectivity index (χ2v) is 7.88. The van der Waals surface area contributed by atoms with Gasteiger partial charge in [-0.05, 0) is 42.3 Å². The average Bonchev–Trinajstić information content (AvgIpc) is 3.12. The van der Waals surface area contributed by atoms with Crippen molar-refractivity contribution in [3.05, 3.63) is 77.9 Å². The van der Waals surface area contributed by atoms with Crippen LogP contribution in [0.5, 0.6) is 0 Å². The molecule has 0 aliphatic heterocycles. The smallest absolute Gasteiger partial charge is 0.191 e. The summed E-state index contributed by atoms with van der Waals surface area (Å²) in [6.07, 6.45) is 3.72. The van der Waals surface area contributed by atoms with Crippen LogP contribution < -0.4 is 0 Å². The molecule has 0 saturated carbocycles. The number of fused-ring (bicyclic) bond motifs is 1. The highest BCUT2D eigenvalue weighted by Gasteiger charge is 2.14. The van der Waals surface area contributed by atoms with Crippen LogP contribution in [-0.4, -0.2) is 30.5 Å². The van der Waals surface area contributed by atoms with Crippen molar-refractivity contribution in [1.29, 1.82) is 0 Å². The number of aryl methyl sites for hydroxylation is 1. The van der Waals surface area contributed by atoms with Gasteiger partial charge < -0.3 is 4.57 Å². The van der Waals surface area contributed by atoms with Crippen LogP contribution in [0.4, 0.5) is 0 Å². The van der Waals surface area contributed by atoms with Crippen molar-refractivity contribution in [2.45, 2.75) is 23.8 Å². The van der Waals surface area contributed by atoms with Crippen LogP contribution in [0.25, 0.3) is 11.0 Å². The molecule has 4 aromatic rings. The second kappa shape index (κ2) is 7.90. The first kappa shape index (κ1) is 18.3. The number of pyridine rings is 2. The van der Waals surface area contributed by atoms with Gasteiger partial charge in [0.05, 0.1) is 11.0 Å². The largest absolute Gasteiger partial charge is 0.312 e. The highest BCUT2D eigenvalue weighted by Crippen LogP contribution is 2.33. The molecule has 0 N–H and O–H groups in total. The van der Waals surface area contributed by atoms with E-state index in [-0.39, 0.29) is 11.0 Å². The molecule has 0 aliphatic carbocycles. The summed E-state index contributed by atoms with van der Waals surface area (Å²) < 4.78 is 1.90. The number of rotatable bonds is 6. The molecule has 0 spiro atoms. The zero-order valence-corrected chi connectivity index (χ0v) is 16.4. The van der Waals surface area contributed by atoms with E-state index in [0.29, 0.717) is 12.1 Å². The van der Waals surface area contributed by atoms with Gasteiger partial charge >= 0.3 is 0 Å². The minimum atomic E-state index is -0.00323. The van der Waals surface area contributed by atoms with Gasteiger partial charge in [-0.3, -0.25) is 9.78 Å². The van der Waals surface area contributed by atoms with Crippen molar-refractivity contribution in [1.82, 2.24) is 24.7 Å². The lowest BCUT2D eigenvalue weighted by Crippen LogP contribution is -2.06. The molecule has 0 fully saturated rings. The fourth-order valence-corrected chi connectivity index (χ4v) is 3.86. The third-order valence-corrected chi connectivity index (χ3v) is 5.69. The standard InChI is InChI=1S/C21H19N5OS/c1-14(28-21-25-23-13-26(21)2)16-6-3-5-15(11-16)12-20(27)19-9-8-17-18(24-19)7-4-10-22-17/h3-11,13-14H,12H2,1-2H3. The van der Waals surface area contributed by atoms with Crippen LogP contribution in [0.2, 0.25) is 0 Å². The Morgan fingerprint density at radius 2 is 2.04 bits per heavy atom. The number of thioether (sulfide) groups is 1. The Bertz CT molecular complexity index is 1140. The summed E-state index contributed by atoms with van der Waals surface area (Å²) in [4.78, 5) is 21.4. The van der Waals surface area contributed by atoms with Crippen molar-refractivity contribution in [3.8, 4) is 0 Å². The number of aromatic nitrogens is 5. The lowest BCUT2D eigenvalue weighted by Gasteiger charge is -2.12. The van der Waals surface area contributed by atoms with Crippen molar-refractivity contribution < 1.29 is 4.79 Å². The molecule has 4 rings (SSSR count). The molecule has 3 heterocycles. The molecule has 1 atom stereocenters. The maximum Gasteiger partial charge on any atom is 0.191 e. The molecule has 28 heavy (non-hydrogen) atoms.